The number of hydrogen-bond donors (Lipinski definition) is 1. The van der Waals surface area contributed by atoms with Crippen molar-refractivity contribution in [3.05, 3.63) is 0 Å². The van der Waals surface area contributed by atoms with Gasteiger partial charge in [-0.3, -0.25) is 4.90 Å². The lowest BCUT2D eigenvalue weighted by Crippen LogP contribution is -2.58. The third kappa shape index (κ3) is 1.75. The third-order valence-electron chi connectivity index (χ3n) is 3.73. The normalized spacial score (nSPS) is 32.8. The minimum atomic E-state index is -0.312. The molecule has 0 bridgehead atoms. The molecular formula is C11H21NO. The van der Waals surface area contributed by atoms with Crippen molar-refractivity contribution in [2.24, 2.45) is 5.92 Å². The highest BCUT2D eigenvalue weighted by Gasteiger charge is 2.40. The van der Waals surface area contributed by atoms with Crippen LogP contribution in [0.25, 0.3) is 0 Å². The first kappa shape index (κ1) is 9.47. The minimum Gasteiger partial charge on any atom is -0.389 e. The highest BCUT2D eigenvalue weighted by atomic mass is 16.3. The molecule has 0 aromatic heterocycles. The molecule has 0 spiro atoms. The Morgan fingerprint density at radius 2 is 2.15 bits per heavy atom. The van der Waals surface area contributed by atoms with Crippen molar-refractivity contribution in [1.82, 2.24) is 4.90 Å². The monoisotopic (exact) mass is 183 g/mol. The second kappa shape index (κ2) is 3.25. The molecule has 1 atom stereocenters. The van der Waals surface area contributed by atoms with E-state index in [1.807, 2.05) is 0 Å². The van der Waals surface area contributed by atoms with E-state index in [1.165, 1.54) is 19.4 Å². The summed E-state index contributed by atoms with van der Waals surface area (Å²) >= 11 is 0. The van der Waals surface area contributed by atoms with Crippen molar-refractivity contribution in [3.63, 3.8) is 0 Å². The highest BCUT2D eigenvalue weighted by Crippen LogP contribution is 2.35. The van der Waals surface area contributed by atoms with Crippen molar-refractivity contribution < 1.29 is 5.11 Å². The molecule has 2 nitrogen and oxygen atoms in total. The quantitative estimate of drug-likeness (QED) is 0.719. The second-order valence-corrected chi connectivity index (χ2v) is 5.15. The van der Waals surface area contributed by atoms with Crippen LogP contribution in [0.3, 0.4) is 0 Å². The summed E-state index contributed by atoms with van der Waals surface area (Å²) in [6.45, 7) is 6.68. The van der Waals surface area contributed by atoms with E-state index in [-0.39, 0.29) is 5.60 Å². The first-order chi connectivity index (χ1) is 6.11. The van der Waals surface area contributed by atoms with E-state index in [2.05, 4.69) is 18.7 Å². The Hall–Kier alpha value is -0.0800. The van der Waals surface area contributed by atoms with Crippen LogP contribution < -0.4 is 0 Å². The summed E-state index contributed by atoms with van der Waals surface area (Å²) in [4.78, 5) is 2.46. The zero-order valence-corrected chi connectivity index (χ0v) is 8.79. The Labute approximate surface area is 80.9 Å². The van der Waals surface area contributed by atoms with Gasteiger partial charge < -0.3 is 5.11 Å². The lowest BCUT2D eigenvalue weighted by Gasteiger charge is -2.49. The zero-order valence-electron chi connectivity index (χ0n) is 8.79. The summed E-state index contributed by atoms with van der Waals surface area (Å²) in [6, 6.07) is 0.740. The Morgan fingerprint density at radius 3 is 2.46 bits per heavy atom. The molecule has 1 saturated carbocycles. The van der Waals surface area contributed by atoms with E-state index in [1.54, 1.807) is 0 Å². The summed E-state index contributed by atoms with van der Waals surface area (Å²) in [7, 11) is 0. The largest absolute Gasteiger partial charge is 0.389 e. The summed E-state index contributed by atoms with van der Waals surface area (Å²) in [6.07, 6.45) is 4.59. The van der Waals surface area contributed by atoms with Crippen molar-refractivity contribution in [1.29, 1.82) is 0 Å². The van der Waals surface area contributed by atoms with Gasteiger partial charge in [0.15, 0.2) is 0 Å². The molecule has 0 amide bonds. The molecule has 2 heteroatoms. The summed E-state index contributed by atoms with van der Waals surface area (Å²) in [5.41, 5.74) is -0.312. The molecule has 13 heavy (non-hydrogen) atoms. The average Bonchev–Trinajstić information content (AvgIpc) is 1.93. The third-order valence-corrected chi connectivity index (χ3v) is 3.73. The Bertz CT molecular complexity index is 187. The molecule has 2 fully saturated rings. The number of β-amino-alcohol motifs (C(OH)–C–C–N with tert-alkyl or cyclic N) is 1. The smallest absolute Gasteiger partial charge is 0.0774 e. The van der Waals surface area contributed by atoms with Gasteiger partial charge in [0.1, 0.15) is 0 Å². The molecule has 1 unspecified atom stereocenters. The van der Waals surface area contributed by atoms with Crippen LogP contribution in [-0.4, -0.2) is 34.7 Å². The van der Waals surface area contributed by atoms with Crippen LogP contribution in [0, 0.1) is 5.92 Å². The van der Waals surface area contributed by atoms with E-state index in [0.717, 1.165) is 31.3 Å². The van der Waals surface area contributed by atoms with Crippen molar-refractivity contribution in [2.45, 2.75) is 51.2 Å². The van der Waals surface area contributed by atoms with Gasteiger partial charge in [-0.25, -0.2) is 0 Å². The zero-order chi connectivity index (χ0) is 9.47. The van der Waals surface area contributed by atoms with Gasteiger partial charge in [0.2, 0.25) is 0 Å². The van der Waals surface area contributed by atoms with Gasteiger partial charge in [-0.2, -0.15) is 0 Å². The van der Waals surface area contributed by atoms with Gasteiger partial charge in [-0.05, 0) is 31.6 Å². The lowest BCUT2D eigenvalue weighted by molar-refractivity contribution is -0.0911. The van der Waals surface area contributed by atoms with Crippen LogP contribution in [0.4, 0.5) is 0 Å². The van der Waals surface area contributed by atoms with E-state index >= 15 is 0 Å². The fraction of sp³-hybridized carbons (Fsp3) is 1.00. The number of likely N-dealkylation sites (tertiary alicyclic amines) is 1. The molecule has 1 N–H and O–H groups in total. The topological polar surface area (TPSA) is 23.5 Å². The molecular weight excluding hydrogens is 162 g/mol. The summed E-state index contributed by atoms with van der Waals surface area (Å²) in [5.74, 6) is 0.748. The minimum absolute atomic E-state index is 0.312. The SMILES string of the molecule is CC(C)C1CCN1CC1(O)CCC1. The van der Waals surface area contributed by atoms with Crippen LogP contribution >= 0.6 is 0 Å². The van der Waals surface area contributed by atoms with Gasteiger partial charge in [0.05, 0.1) is 5.60 Å². The molecule has 2 rings (SSSR count). The second-order valence-electron chi connectivity index (χ2n) is 5.15. The molecule has 76 valence electrons. The average molecular weight is 183 g/mol. The molecule has 0 aromatic rings. The van der Waals surface area contributed by atoms with Crippen molar-refractivity contribution in [2.75, 3.05) is 13.1 Å². The van der Waals surface area contributed by atoms with Crippen LogP contribution in [-0.2, 0) is 0 Å². The summed E-state index contributed by atoms with van der Waals surface area (Å²) in [5, 5.41) is 10.0. The highest BCUT2D eigenvalue weighted by molar-refractivity contribution is 4.95. The first-order valence-electron chi connectivity index (χ1n) is 5.57. The molecule has 1 heterocycles. The lowest BCUT2D eigenvalue weighted by atomic mass is 9.78. The predicted molar refractivity (Wildman–Crippen MR) is 53.6 cm³/mol. The Morgan fingerprint density at radius 1 is 1.46 bits per heavy atom. The number of hydrogen-bond acceptors (Lipinski definition) is 2. The van der Waals surface area contributed by atoms with Gasteiger partial charge >= 0.3 is 0 Å². The number of aliphatic hydroxyl groups is 1. The van der Waals surface area contributed by atoms with Gasteiger partial charge in [-0.1, -0.05) is 13.8 Å². The number of nitrogens with zero attached hydrogens (tertiary/aromatic N) is 1. The van der Waals surface area contributed by atoms with Crippen molar-refractivity contribution >= 4 is 0 Å². The molecule has 1 saturated heterocycles. The number of rotatable bonds is 3. The van der Waals surface area contributed by atoms with Crippen LogP contribution in [0.2, 0.25) is 0 Å². The predicted octanol–water partition coefficient (Wildman–Crippen LogP) is 1.63. The Balaban J connectivity index is 1.82. The molecule has 0 radical (unpaired) electrons. The van der Waals surface area contributed by atoms with Gasteiger partial charge in [-0.15, -0.1) is 0 Å². The van der Waals surface area contributed by atoms with E-state index in [9.17, 15) is 5.11 Å². The van der Waals surface area contributed by atoms with Gasteiger partial charge in [0, 0.05) is 19.1 Å². The fourth-order valence-corrected chi connectivity index (χ4v) is 2.53. The first-order valence-corrected chi connectivity index (χ1v) is 5.57. The maximum atomic E-state index is 10.0. The van der Waals surface area contributed by atoms with Crippen molar-refractivity contribution in [3.8, 4) is 0 Å². The molecule has 2 aliphatic rings. The van der Waals surface area contributed by atoms with E-state index < -0.39 is 0 Å². The fourth-order valence-electron chi connectivity index (χ4n) is 2.53. The Kier molecular flexibility index (Phi) is 2.37. The maximum absolute atomic E-state index is 10.0. The molecule has 0 aromatic carbocycles. The van der Waals surface area contributed by atoms with Crippen LogP contribution in [0.15, 0.2) is 0 Å². The standard InChI is InChI=1S/C11H21NO/c1-9(2)10-4-7-12(10)8-11(13)5-3-6-11/h9-10,13H,3-8H2,1-2H3. The van der Waals surface area contributed by atoms with E-state index in [0.29, 0.717) is 0 Å². The maximum Gasteiger partial charge on any atom is 0.0774 e. The molecule has 1 aliphatic heterocycles. The van der Waals surface area contributed by atoms with E-state index in [4.69, 9.17) is 0 Å². The van der Waals surface area contributed by atoms with Crippen LogP contribution in [0.1, 0.15) is 39.5 Å². The van der Waals surface area contributed by atoms with Gasteiger partial charge in [0.25, 0.3) is 0 Å². The van der Waals surface area contributed by atoms with Crippen LogP contribution in [0.5, 0.6) is 0 Å². The summed E-state index contributed by atoms with van der Waals surface area (Å²) < 4.78 is 0. The molecule has 1 aliphatic carbocycles.